The first-order chi connectivity index (χ1) is 11.6. The Bertz CT molecular complexity index is 944. The van der Waals surface area contributed by atoms with Crippen LogP contribution >= 0.6 is 0 Å². The molecule has 5 rings (SSSR count). The topological polar surface area (TPSA) is 55.3 Å². The summed E-state index contributed by atoms with van der Waals surface area (Å²) in [6.45, 7) is 6.42. The van der Waals surface area contributed by atoms with Crippen LogP contribution in [-0.2, 0) is 0 Å². The van der Waals surface area contributed by atoms with E-state index in [0.29, 0.717) is 5.41 Å². The lowest BCUT2D eigenvalue weighted by Crippen LogP contribution is -2.59. The van der Waals surface area contributed by atoms with Crippen LogP contribution in [0.5, 0.6) is 0 Å². The molecular weight excluding hydrogens is 298 g/mol. The van der Waals surface area contributed by atoms with E-state index in [0.717, 1.165) is 40.7 Å². The molecule has 1 aliphatic heterocycles. The van der Waals surface area contributed by atoms with Gasteiger partial charge in [-0.2, -0.15) is 0 Å². The van der Waals surface area contributed by atoms with Gasteiger partial charge in [-0.15, -0.1) is 0 Å². The van der Waals surface area contributed by atoms with Crippen molar-refractivity contribution in [2.24, 2.45) is 11.1 Å². The fourth-order valence-electron chi connectivity index (χ4n) is 4.44. The zero-order chi connectivity index (χ0) is 16.5. The van der Waals surface area contributed by atoms with Gasteiger partial charge in [-0.05, 0) is 44.4 Å². The van der Waals surface area contributed by atoms with Crippen molar-refractivity contribution in [2.75, 3.05) is 18.0 Å². The summed E-state index contributed by atoms with van der Waals surface area (Å²) >= 11 is 0. The molecule has 1 aromatic carbocycles. The fourth-order valence-corrected chi connectivity index (χ4v) is 4.44. The molecule has 124 valence electrons. The van der Waals surface area contributed by atoms with E-state index >= 15 is 0 Å². The zero-order valence-corrected chi connectivity index (χ0v) is 14.3. The lowest BCUT2D eigenvalue weighted by Gasteiger charge is -2.56. The van der Waals surface area contributed by atoms with E-state index < -0.39 is 0 Å². The second-order valence-corrected chi connectivity index (χ2v) is 7.84. The number of hydrogen-bond acceptors (Lipinski definition) is 4. The smallest absolute Gasteiger partial charge is 0.177 e. The number of nitrogens with zero attached hydrogens (tertiary/aromatic N) is 2. The van der Waals surface area contributed by atoms with Crippen LogP contribution in [0.15, 0.2) is 28.8 Å². The largest absolute Gasteiger partial charge is 0.452 e. The van der Waals surface area contributed by atoms with Crippen molar-refractivity contribution in [3.8, 4) is 0 Å². The zero-order valence-electron chi connectivity index (χ0n) is 14.3. The molecule has 3 heterocycles. The predicted molar refractivity (Wildman–Crippen MR) is 97.4 cm³/mol. The summed E-state index contributed by atoms with van der Waals surface area (Å²) in [5.74, 6) is 0. The third kappa shape index (κ3) is 1.86. The molecule has 2 N–H and O–H groups in total. The highest BCUT2D eigenvalue weighted by molar-refractivity contribution is 6.07. The van der Waals surface area contributed by atoms with Gasteiger partial charge < -0.3 is 15.1 Å². The van der Waals surface area contributed by atoms with Crippen LogP contribution in [0.2, 0.25) is 0 Å². The minimum absolute atomic E-state index is 0.0568. The van der Waals surface area contributed by atoms with Crippen molar-refractivity contribution in [3.05, 3.63) is 35.5 Å². The molecule has 1 saturated heterocycles. The Morgan fingerprint density at radius 1 is 1.25 bits per heavy atom. The van der Waals surface area contributed by atoms with Gasteiger partial charge in [-0.25, -0.2) is 0 Å². The molecule has 1 unspecified atom stereocenters. The molecule has 3 aromatic rings. The van der Waals surface area contributed by atoms with Gasteiger partial charge in [0.05, 0.1) is 5.69 Å². The molecule has 2 fully saturated rings. The third-order valence-electron chi connectivity index (χ3n) is 5.90. The van der Waals surface area contributed by atoms with Gasteiger partial charge in [0, 0.05) is 41.7 Å². The Morgan fingerprint density at radius 2 is 2.04 bits per heavy atom. The number of aryl methyl sites for hydroxylation is 1. The molecule has 1 saturated carbocycles. The fraction of sp³-hybridized carbons (Fsp3) is 0.450. The third-order valence-corrected chi connectivity index (χ3v) is 5.90. The van der Waals surface area contributed by atoms with Crippen molar-refractivity contribution >= 4 is 27.8 Å². The van der Waals surface area contributed by atoms with Crippen molar-refractivity contribution in [1.29, 1.82) is 0 Å². The van der Waals surface area contributed by atoms with Crippen molar-refractivity contribution in [2.45, 2.75) is 39.2 Å². The Hall–Kier alpha value is -2.07. The van der Waals surface area contributed by atoms with Crippen LogP contribution < -0.4 is 10.6 Å². The highest BCUT2D eigenvalue weighted by atomic mass is 16.3. The van der Waals surface area contributed by atoms with Crippen LogP contribution in [0.4, 0.5) is 5.69 Å². The van der Waals surface area contributed by atoms with Crippen LogP contribution in [-0.4, -0.2) is 18.1 Å². The van der Waals surface area contributed by atoms with Crippen molar-refractivity contribution in [1.82, 2.24) is 4.98 Å². The molecule has 0 bridgehead atoms. The maximum Gasteiger partial charge on any atom is 0.177 e. The van der Waals surface area contributed by atoms with E-state index in [-0.39, 0.29) is 6.04 Å². The molecule has 0 amide bonds. The van der Waals surface area contributed by atoms with Gasteiger partial charge in [-0.3, -0.25) is 4.98 Å². The molecule has 1 aliphatic carbocycles. The monoisotopic (exact) mass is 321 g/mol. The molecule has 0 radical (unpaired) electrons. The van der Waals surface area contributed by atoms with E-state index in [2.05, 4.69) is 35.0 Å². The van der Waals surface area contributed by atoms with Gasteiger partial charge in [0.2, 0.25) is 0 Å². The second-order valence-electron chi connectivity index (χ2n) is 7.84. The summed E-state index contributed by atoms with van der Waals surface area (Å²) in [4.78, 5) is 7.07. The van der Waals surface area contributed by atoms with Gasteiger partial charge in [0.1, 0.15) is 11.1 Å². The summed E-state index contributed by atoms with van der Waals surface area (Å²) < 4.78 is 6.32. The number of furan rings is 1. The van der Waals surface area contributed by atoms with Crippen LogP contribution in [0.1, 0.15) is 43.4 Å². The van der Waals surface area contributed by atoms with Crippen molar-refractivity contribution in [3.63, 3.8) is 0 Å². The molecule has 4 nitrogen and oxygen atoms in total. The lowest BCUT2D eigenvalue weighted by molar-refractivity contribution is 0.0905. The highest BCUT2D eigenvalue weighted by Gasteiger charge is 2.47. The maximum atomic E-state index is 6.32. The first kappa shape index (κ1) is 14.3. The summed E-state index contributed by atoms with van der Waals surface area (Å²) in [6, 6.07) is 6.32. The van der Waals surface area contributed by atoms with Gasteiger partial charge in [0.15, 0.2) is 5.58 Å². The summed E-state index contributed by atoms with van der Waals surface area (Å²) in [5.41, 5.74) is 13.0. The van der Waals surface area contributed by atoms with Gasteiger partial charge in [-0.1, -0.05) is 12.5 Å². The number of hydrogen-bond donors (Lipinski definition) is 1. The van der Waals surface area contributed by atoms with Crippen LogP contribution in [0.25, 0.3) is 22.1 Å². The number of aromatic nitrogens is 1. The normalized spacial score (nSPS) is 20.4. The number of nitrogens with two attached hydrogens (primary N) is 1. The second kappa shape index (κ2) is 4.73. The Kier molecular flexibility index (Phi) is 2.82. The number of benzene rings is 1. The summed E-state index contributed by atoms with van der Waals surface area (Å²) in [5, 5.41) is 1.08. The average molecular weight is 321 g/mol. The summed E-state index contributed by atoms with van der Waals surface area (Å²) in [6.07, 6.45) is 6.06. The number of fused-ring (bicyclic) bond motifs is 3. The molecule has 1 spiro atoms. The number of anilines is 1. The highest BCUT2D eigenvalue weighted by Crippen LogP contribution is 2.50. The van der Waals surface area contributed by atoms with Crippen LogP contribution in [0.3, 0.4) is 0 Å². The molecule has 24 heavy (non-hydrogen) atoms. The van der Waals surface area contributed by atoms with Crippen molar-refractivity contribution < 1.29 is 4.42 Å². The quantitative estimate of drug-likeness (QED) is 0.764. The Morgan fingerprint density at radius 3 is 2.71 bits per heavy atom. The molecule has 4 heteroatoms. The minimum atomic E-state index is -0.0568. The van der Waals surface area contributed by atoms with E-state index in [9.17, 15) is 0 Å². The first-order valence-electron chi connectivity index (χ1n) is 8.89. The number of pyridine rings is 1. The Labute approximate surface area is 141 Å². The standard InChI is InChI=1S/C20H23N3O/c1-12-8-14(13(2)21)18-15(9-12)17-19(24-18)16(4-7-22-17)23-10-20(11-23)5-3-6-20/h4,7-9,13H,3,5-6,10-11,21H2,1-2H3. The van der Waals surface area contributed by atoms with E-state index in [1.54, 1.807) is 0 Å². The minimum Gasteiger partial charge on any atom is -0.452 e. The molecular formula is C20H23N3O. The lowest BCUT2D eigenvalue weighted by atomic mass is 9.63. The molecule has 2 aliphatic rings. The summed E-state index contributed by atoms with van der Waals surface area (Å²) in [7, 11) is 0. The van der Waals surface area contributed by atoms with E-state index in [4.69, 9.17) is 10.2 Å². The molecule has 2 aromatic heterocycles. The SMILES string of the molecule is Cc1cc(C(C)N)c2oc3c(N4CC5(CCC5)C4)ccnc3c2c1. The van der Waals surface area contributed by atoms with Crippen LogP contribution in [0, 0.1) is 12.3 Å². The Balaban J connectivity index is 1.69. The number of rotatable bonds is 2. The van der Waals surface area contributed by atoms with Gasteiger partial charge >= 0.3 is 0 Å². The van der Waals surface area contributed by atoms with E-state index in [1.807, 2.05) is 13.1 Å². The predicted octanol–water partition coefficient (Wildman–Crippen LogP) is 4.30. The first-order valence-corrected chi connectivity index (χ1v) is 8.89. The van der Waals surface area contributed by atoms with E-state index in [1.165, 1.54) is 30.5 Å². The van der Waals surface area contributed by atoms with Gasteiger partial charge in [0.25, 0.3) is 0 Å². The average Bonchev–Trinajstić information content (AvgIpc) is 2.83. The molecule has 1 atom stereocenters. The maximum absolute atomic E-state index is 6.32.